The maximum absolute atomic E-state index is 11.6. The van der Waals surface area contributed by atoms with Crippen LogP contribution in [0.2, 0.25) is 0 Å². The summed E-state index contributed by atoms with van der Waals surface area (Å²) in [4.78, 5) is 11.6. The molecule has 0 radical (unpaired) electrons. The minimum atomic E-state index is -0.709. The van der Waals surface area contributed by atoms with Crippen molar-refractivity contribution in [3.63, 3.8) is 0 Å². The highest BCUT2D eigenvalue weighted by molar-refractivity contribution is 5.76. The van der Waals surface area contributed by atoms with Gasteiger partial charge >= 0.3 is 5.97 Å². The first kappa shape index (κ1) is 13.6. The van der Waals surface area contributed by atoms with Gasteiger partial charge in [0.2, 0.25) is 0 Å². The predicted molar refractivity (Wildman–Crippen MR) is 75.5 cm³/mol. The number of carboxylic acids is 1. The topological polar surface area (TPSA) is 72.6 Å². The van der Waals surface area contributed by atoms with E-state index in [1.165, 1.54) is 0 Å². The van der Waals surface area contributed by atoms with Crippen molar-refractivity contribution in [1.82, 2.24) is 0 Å². The second kappa shape index (κ2) is 5.19. The molecule has 1 aliphatic heterocycles. The van der Waals surface area contributed by atoms with Crippen molar-refractivity contribution in [3.8, 4) is 0 Å². The maximum atomic E-state index is 11.6. The Morgan fingerprint density at radius 1 is 1.25 bits per heavy atom. The van der Waals surface area contributed by atoms with Gasteiger partial charge < -0.3 is 15.6 Å². The van der Waals surface area contributed by atoms with E-state index < -0.39 is 5.97 Å². The first-order chi connectivity index (χ1) is 9.60. The largest absolute Gasteiger partial charge is 0.481 e. The number of nitrogens with two attached hydrogens (primary N) is 1. The molecule has 1 heterocycles. The van der Waals surface area contributed by atoms with Crippen LogP contribution >= 0.6 is 0 Å². The number of rotatable bonds is 4. The molecule has 108 valence electrons. The summed E-state index contributed by atoms with van der Waals surface area (Å²) in [6, 6.07) is 7.78. The SMILES string of the molecule is NC1(c2ccc(C(C(=O)O)C3CCCC3)cc2)COC1. The zero-order valence-electron chi connectivity index (χ0n) is 11.5. The first-order valence-electron chi connectivity index (χ1n) is 7.30. The zero-order valence-corrected chi connectivity index (χ0v) is 11.5. The summed E-state index contributed by atoms with van der Waals surface area (Å²) < 4.78 is 5.17. The third-order valence-corrected chi connectivity index (χ3v) is 4.70. The van der Waals surface area contributed by atoms with Gasteiger partial charge in [-0.3, -0.25) is 4.79 Å². The highest BCUT2D eigenvalue weighted by Crippen LogP contribution is 2.38. The Hall–Kier alpha value is -1.39. The average Bonchev–Trinajstić information content (AvgIpc) is 2.90. The predicted octanol–water partition coefficient (Wildman–Crippen LogP) is 2.23. The molecule has 1 aromatic carbocycles. The lowest BCUT2D eigenvalue weighted by atomic mass is 9.82. The molecule has 1 aromatic rings. The number of ether oxygens (including phenoxy) is 1. The van der Waals surface area contributed by atoms with E-state index in [1.54, 1.807) is 0 Å². The third-order valence-electron chi connectivity index (χ3n) is 4.70. The fourth-order valence-electron chi connectivity index (χ4n) is 3.42. The summed E-state index contributed by atoms with van der Waals surface area (Å²) in [5.41, 5.74) is 7.74. The standard InChI is InChI=1S/C16H21NO3/c17-16(9-20-10-16)13-7-5-12(6-8-13)14(15(18)19)11-3-1-2-4-11/h5-8,11,14H,1-4,9-10,17H2,(H,18,19). The Bertz CT molecular complexity index is 487. The van der Waals surface area contributed by atoms with Gasteiger partial charge in [-0.05, 0) is 29.9 Å². The number of carboxylic acid groups (broad SMARTS) is 1. The lowest BCUT2D eigenvalue weighted by molar-refractivity contribution is -0.140. The molecule has 2 aliphatic rings. The smallest absolute Gasteiger partial charge is 0.311 e. The minimum absolute atomic E-state index is 0.275. The molecule has 1 saturated heterocycles. The van der Waals surface area contributed by atoms with Gasteiger partial charge in [-0.1, -0.05) is 37.1 Å². The van der Waals surface area contributed by atoms with Gasteiger partial charge in [0.05, 0.1) is 24.7 Å². The highest BCUT2D eigenvalue weighted by atomic mass is 16.5. The minimum Gasteiger partial charge on any atom is -0.481 e. The van der Waals surface area contributed by atoms with Crippen LogP contribution in [-0.4, -0.2) is 24.3 Å². The fourth-order valence-corrected chi connectivity index (χ4v) is 3.42. The highest BCUT2D eigenvalue weighted by Gasteiger charge is 2.37. The Labute approximate surface area is 118 Å². The molecular weight excluding hydrogens is 254 g/mol. The van der Waals surface area contributed by atoms with Crippen LogP contribution in [0.5, 0.6) is 0 Å². The van der Waals surface area contributed by atoms with Gasteiger partial charge in [0.25, 0.3) is 0 Å². The first-order valence-corrected chi connectivity index (χ1v) is 7.30. The Kier molecular flexibility index (Phi) is 3.52. The van der Waals surface area contributed by atoms with Gasteiger partial charge in [-0.15, -0.1) is 0 Å². The van der Waals surface area contributed by atoms with Crippen molar-refractivity contribution in [2.75, 3.05) is 13.2 Å². The molecule has 4 nitrogen and oxygen atoms in total. The van der Waals surface area contributed by atoms with Crippen molar-refractivity contribution >= 4 is 5.97 Å². The summed E-state index contributed by atoms with van der Waals surface area (Å²) in [6.45, 7) is 1.08. The fraction of sp³-hybridized carbons (Fsp3) is 0.562. The number of hydrogen-bond acceptors (Lipinski definition) is 3. The van der Waals surface area contributed by atoms with Crippen molar-refractivity contribution in [1.29, 1.82) is 0 Å². The van der Waals surface area contributed by atoms with Gasteiger partial charge in [0, 0.05) is 0 Å². The van der Waals surface area contributed by atoms with Crippen LogP contribution in [0.25, 0.3) is 0 Å². The Balaban J connectivity index is 1.82. The van der Waals surface area contributed by atoms with Crippen molar-refractivity contribution in [3.05, 3.63) is 35.4 Å². The van der Waals surface area contributed by atoms with Crippen molar-refractivity contribution in [2.45, 2.75) is 37.1 Å². The lowest BCUT2D eigenvalue weighted by Crippen LogP contribution is -2.54. The number of benzene rings is 1. The van der Waals surface area contributed by atoms with Crippen LogP contribution in [0.3, 0.4) is 0 Å². The second-order valence-electron chi connectivity index (χ2n) is 6.13. The van der Waals surface area contributed by atoms with Crippen LogP contribution in [0, 0.1) is 5.92 Å². The van der Waals surface area contributed by atoms with E-state index in [9.17, 15) is 9.90 Å². The van der Waals surface area contributed by atoms with Crippen LogP contribution in [0.15, 0.2) is 24.3 Å². The van der Waals surface area contributed by atoms with E-state index in [4.69, 9.17) is 10.5 Å². The Morgan fingerprint density at radius 3 is 2.30 bits per heavy atom. The quantitative estimate of drug-likeness (QED) is 0.883. The van der Waals surface area contributed by atoms with E-state index in [2.05, 4.69) is 0 Å². The summed E-state index contributed by atoms with van der Waals surface area (Å²) in [6.07, 6.45) is 4.34. The van der Waals surface area contributed by atoms with Crippen LogP contribution in [-0.2, 0) is 15.1 Å². The maximum Gasteiger partial charge on any atom is 0.311 e. The lowest BCUT2D eigenvalue weighted by Gasteiger charge is -2.38. The summed E-state index contributed by atoms with van der Waals surface area (Å²) in [5, 5.41) is 9.53. The summed E-state index contributed by atoms with van der Waals surface area (Å²) in [5.74, 6) is -0.811. The van der Waals surface area contributed by atoms with Gasteiger partial charge in [0.15, 0.2) is 0 Å². The molecule has 2 fully saturated rings. The van der Waals surface area contributed by atoms with Crippen LogP contribution < -0.4 is 5.73 Å². The molecule has 20 heavy (non-hydrogen) atoms. The van der Waals surface area contributed by atoms with E-state index in [1.807, 2.05) is 24.3 Å². The Morgan fingerprint density at radius 2 is 1.85 bits per heavy atom. The summed E-state index contributed by atoms with van der Waals surface area (Å²) >= 11 is 0. The van der Waals surface area contributed by atoms with Crippen LogP contribution in [0.1, 0.15) is 42.7 Å². The van der Waals surface area contributed by atoms with Crippen molar-refractivity contribution in [2.24, 2.45) is 11.7 Å². The molecular formula is C16H21NO3. The number of hydrogen-bond donors (Lipinski definition) is 2. The molecule has 3 rings (SSSR count). The molecule has 3 N–H and O–H groups in total. The number of aliphatic carboxylic acids is 1. The molecule has 1 unspecified atom stereocenters. The summed E-state index contributed by atoms with van der Waals surface area (Å²) in [7, 11) is 0. The second-order valence-corrected chi connectivity index (χ2v) is 6.13. The van der Waals surface area contributed by atoms with Crippen LogP contribution in [0.4, 0.5) is 0 Å². The molecule has 1 saturated carbocycles. The molecule has 0 bridgehead atoms. The van der Waals surface area contributed by atoms with Gasteiger partial charge in [0.1, 0.15) is 0 Å². The van der Waals surface area contributed by atoms with E-state index >= 15 is 0 Å². The van der Waals surface area contributed by atoms with Crippen molar-refractivity contribution < 1.29 is 14.6 Å². The molecule has 1 atom stereocenters. The molecule has 4 heteroatoms. The van der Waals surface area contributed by atoms with Gasteiger partial charge in [-0.2, -0.15) is 0 Å². The number of carbonyl (C=O) groups is 1. The monoisotopic (exact) mass is 275 g/mol. The molecule has 0 spiro atoms. The molecule has 1 aliphatic carbocycles. The zero-order chi connectivity index (χ0) is 14.2. The van der Waals surface area contributed by atoms with E-state index in [0.717, 1.165) is 36.8 Å². The normalized spacial score (nSPS) is 23.2. The van der Waals surface area contributed by atoms with E-state index in [-0.39, 0.29) is 17.4 Å². The average molecular weight is 275 g/mol. The van der Waals surface area contributed by atoms with E-state index in [0.29, 0.717) is 13.2 Å². The molecule has 0 amide bonds. The molecule has 0 aromatic heterocycles. The third kappa shape index (κ3) is 2.34. The van der Waals surface area contributed by atoms with Gasteiger partial charge in [-0.25, -0.2) is 0 Å².